The van der Waals surface area contributed by atoms with Crippen molar-refractivity contribution < 1.29 is 22.7 Å². The van der Waals surface area contributed by atoms with E-state index >= 15 is 0 Å². The second-order valence-corrected chi connectivity index (χ2v) is 10.7. The van der Waals surface area contributed by atoms with Crippen LogP contribution in [-0.2, 0) is 9.53 Å². The van der Waals surface area contributed by atoms with Gasteiger partial charge in [0, 0.05) is 44.2 Å². The first-order valence-corrected chi connectivity index (χ1v) is 13.6. The lowest BCUT2D eigenvalue weighted by molar-refractivity contribution is -0.130. The summed E-state index contributed by atoms with van der Waals surface area (Å²) < 4.78 is 47.1. The molecule has 2 atom stereocenters. The largest absolute Gasteiger partial charge is 0.406 e. The van der Waals surface area contributed by atoms with Gasteiger partial charge in [-0.2, -0.15) is 13.2 Å². The molecule has 0 spiro atoms. The molecule has 1 amide bonds. The number of hydrazine groups is 1. The molecule has 2 fully saturated rings. The number of fused-ring (bicyclic) bond motifs is 3. The average molecular weight is 543 g/mol. The van der Waals surface area contributed by atoms with Crippen molar-refractivity contribution in [2.24, 2.45) is 0 Å². The Hall–Kier alpha value is -3.15. The summed E-state index contributed by atoms with van der Waals surface area (Å²) in [5.41, 5.74) is 6.09. The maximum Gasteiger partial charge on any atom is 0.406 e. The third-order valence-corrected chi connectivity index (χ3v) is 7.91. The van der Waals surface area contributed by atoms with Crippen molar-refractivity contribution in [2.75, 3.05) is 56.2 Å². The molecular weight excluding hydrogens is 509 g/mol. The number of hydrogen-bond donors (Lipinski definition) is 1. The third kappa shape index (κ3) is 5.22. The second-order valence-electron chi connectivity index (χ2n) is 10.7. The molecular formula is C28H33F3N6O2. The zero-order valence-corrected chi connectivity index (χ0v) is 22.0. The first-order valence-electron chi connectivity index (χ1n) is 13.6. The van der Waals surface area contributed by atoms with E-state index < -0.39 is 24.7 Å². The summed E-state index contributed by atoms with van der Waals surface area (Å²) in [6, 6.07) is 8.71. The molecule has 2 saturated heterocycles. The van der Waals surface area contributed by atoms with Crippen LogP contribution < -0.4 is 15.2 Å². The number of carbonyl (C=O) groups is 1. The first kappa shape index (κ1) is 26.1. The molecule has 6 rings (SSSR count). The van der Waals surface area contributed by atoms with E-state index in [1.165, 1.54) is 0 Å². The summed E-state index contributed by atoms with van der Waals surface area (Å²) in [4.78, 5) is 23.6. The Balaban J connectivity index is 1.38. The Labute approximate surface area is 226 Å². The molecule has 208 valence electrons. The number of alkyl halides is 3. The van der Waals surface area contributed by atoms with Gasteiger partial charge >= 0.3 is 6.18 Å². The van der Waals surface area contributed by atoms with Crippen molar-refractivity contribution in [3.63, 3.8) is 0 Å². The van der Waals surface area contributed by atoms with E-state index in [1.807, 2.05) is 24.3 Å². The predicted molar refractivity (Wildman–Crippen MR) is 142 cm³/mol. The Morgan fingerprint density at radius 2 is 1.97 bits per heavy atom. The van der Waals surface area contributed by atoms with Crippen molar-refractivity contribution in [1.29, 1.82) is 0 Å². The van der Waals surface area contributed by atoms with E-state index in [-0.39, 0.29) is 11.9 Å². The lowest BCUT2D eigenvalue weighted by Crippen LogP contribution is -2.46. The number of nitrogens with zero attached hydrogens (tertiary/aromatic N) is 5. The van der Waals surface area contributed by atoms with Crippen LogP contribution >= 0.6 is 0 Å². The van der Waals surface area contributed by atoms with E-state index in [1.54, 1.807) is 23.5 Å². The van der Waals surface area contributed by atoms with Crippen LogP contribution in [0.1, 0.15) is 37.3 Å². The molecule has 1 N–H and O–H groups in total. The molecule has 2 aromatic rings. The molecule has 0 aliphatic carbocycles. The Kier molecular flexibility index (Phi) is 6.98. The van der Waals surface area contributed by atoms with Gasteiger partial charge in [-0.05, 0) is 68.6 Å². The minimum atomic E-state index is -4.55. The van der Waals surface area contributed by atoms with Crippen LogP contribution in [0.4, 0.5) is 24.7 Å². The van der Waals surface area contributed by atoms with Gasteiger partial charge in [-0.25, -0.2) is 10.4 Å². The first-order chi connectivity index (χ1) is 18.8. The fourth-order valence-electron chi connectivity index (χ4n) is 5.93. The smallest absolute Gasteiger partial charge is 0.357 e. The fraction of sp³-hybridized carbons (Fsp3) is 0.500. The van der Waals surface area contributed by atoms with E-state index in [0.717, 1.165) is 73.7 Å². The highest BCUT2D eigenvalue weighted by atomic mass is 19.4. The van der Waals surface area contributed by atoms with Gasteiger partial charge in [0.1, 0.15) is 18.6 Å². The monoisotopic (exact) mass is 542 g/mol. The van der Waals surface area contributed by atoms with E-state index in [2.05, 4.69) is 27.3 Å². The molecule has 8 nitrogen and oxygen atoms in total. The Morgan fingerprint density at radius 1 is 1.10 bits per heavy atom. The second kappa shape index (κ2) is 10.4. The number of anilines is 2. The van der Waals surface area contributed by atoms with Gasteiger partial charge in [-0.15, -0.1) is 0 Å². The molecule has 1 aromatic heterocycles. The van der Waals surface area contributed by atoms with Gasteiger partial charge in [-0.3, -0.25) is 14.7 Å². The molecule has 5 heterocycles. The number of hydrogen-bond acceptors (Lipinski definition) is 7. The van der Waals surface area contributed by atoms with Gasteiger partial charge in [0.25, 0.3) is 5.91 Å². The molecule has 39 heavy (non-hydrogen) atoms. The molecule has 2 unspecified atom stereocenters. The summed E-state index contributed by atoms with van der Waals surface area (Å²) in [5.74, 6) is 0.159. The van der Waals surface area contributed by atoms with Crippen molar-refractivity contribution >= 4 is 17.4 Å². The van der Waals surface area contributed by atoms with Crippen LogP contribution in [0.25, 0.3) is 11.1 Å². The quantitative estimate of drug-likeness (QED) is 0.625. The Morgan fingerprint density at radius 3 is 2.77 bits per heavy atom. The standard InChI is InChI=1S/C28H33F3N6O2/c1-34-11-5-12-35(14-13-34)26-20(6-4-10-32-26)19-8-9-21-23(16-19)36(18-28(29,30)31)27(38)22-17-37(33-25(21)22)24-7-2-3-15-39-24/h4,6,8-10,16-17,24-25,33H,2-3,5,7,11-15,18H2,1H3. The van der Waals surface area contributed by atoms with E-state index in [0.29, 0.717) is 17.7 Å². The van der Waals surface area contributed by atoms with Crippen LogP contribution in [0, 0.1) is 0 Å². The van der Waals surface area contributed by atoms with Crippen molar-refractivity contribution in [3.05, 3.63) is 53.9 Å². The molecule has 11 heteroatoms. The summed E-state index contributed by atoms with van der Waals surface area (Å²) in [7, 11) is 2.10. The number of rotatable bonds is 4. The lowest BCUT2D eigenvalue weighted by Gasteiger charge is -2.36. The van der Waals surface area contributed by atoms with Crippen LogP contribution in [0.5, 0.6) is 0 Å². The normalized spacial score (nSPS) is 24.4. The third-order valence-electron chi connectivity index (χ3n) is 7.91. The number of pyridine rings is 1. The number of benzene rings is 1. The summed E-state index contributed by atoms with van der Waals surface area (Å²) >= 11 is 0. The molecule has 1 aromatic carbocycles. The maximum absolute atomic E-state index is 13.7. The highest BCUT2D eigenvalue weighted by Crippen LogP contribution is 2.44. The maximum atomic E-state index is 13.7. The summed E-state index contributed by atoms with van der Waals surface area (Å²) in [6.45, 7) is 2.81. The van der Waals surface area contributed by atoms with E-state index in [9.17, 15) is 18.0 Å². The van der Waals surface area contributed by atoms with Crippen LogP contribution in [-0.4, -0.2) is 79.6 Å². The number of nitrogens with one attached hydrogen (secondary N) is 1. The topological polar surface area (TPSA) is 64.2 Å². The zero-order chi connectivity index (χ0) is 27.1. The zero-order valence-electron chi connectivity index (χ0n) is 22.0. The van der Waals surface area contributed by atoms with Gasteiger partial charge in [0.05, 0.1) is 17.3 Å². The average Bonchev–Trinajstić information content (AvgIpc) is 3.27. The number of aromatic nitrogens is 1. The predicted octanol–water partition coefficient (Wildman–Crippen LogP) is 4.07. The fourth-order valence-corrected chi connectivity index (χ4v) is 5.93. The molecule has 0 saturated carbocycles. The van der Waals surface area contributed by atoms with E-state index in [4.69, 9.17) is 4.74 Å². The summed E-state index contributed by atoms with van der Waals surface area (Å²) in [5, 5.41) is 1.75. The van der Waals surface area contributed by atoms with Crippen molar-refractivity contribution in [3.8, 4) is 11.1 Å². The van der Waals surface area contributed by atoms with Crippen LogP contribution in [0.15, 0.2) is 48.3 Å². The highest BCUT2D eigenvalue weighted by molar-refractivity contribution is 6.10. The van der Waals surface area contributed by atoms with Crippen molar-refractivity contribution in [2.45, 2.75) is 44.1 Å². The molecule has 0 radical (unpaired) electrons. The molecule has 4 aliphatic heterocycles. The number of likely N-dealkylation sites (N-methyl/N-ethyl adjacent to an activating group) is 1. The van der Waals surface area contributed by atoms with Crippen LogP contribution in [0.3, 0.4) is 0 Å². The minimum Gasteiger partial charge on any atom is -0.357 e. The van der Waals surface area contributed by atoms with Gasteiger partial charge in [0.2, 0.25) is 0 Å². The minimum absolute atomic E-state index is 0.255. The van der Waals surface area contributed by atoms with Crippen molar-refractivity contribution in [1.82, 2.24) is 20.3 Å². The van der Waals surface area contributed by atoms with Gasteiger partial charge in [-0.1, -0.05) is 12.1 Å². The summed E-state index contributed by atoms with van der Waals surface area (Å²) in [6.07, 6.45) is 2.30. The number of carbonyl (C=O) groups excluding carboxylic acids is 1. The molecule has 0 bridgehead atoms. The number of amides is 1. The number of halogens is 3. The van der Waals surface area contributed by atoms with Gasteiger partial charge < -0.3 is 14.5 Å². The lowest BCUT2D eigenvalue weighted by atomic mass is 9.90. The SMILES string of the molecule is CN1CCCN(c2ncccc2-c2ccc3c(c2)N(CC(F)(F)F)C(=O)C2=CN(C4CCCCO4)NC23)CC1. The molecule has 4 aliphatic rings. The van der Waals surface area contributed by atoms with Crippen LogP contribution in [0.2, 0.25) is 0 Å². The van der Waals surface area contributed by atoms with Gasteiger partial charge in [0.15, 0.2) is 0 Å². The number of ether oxygens (including phenoxy) is 1. The highest BCUT2D eigenvalue weighted by Gasteiger charge is 2.45. The Bertz CT molecular complexity index is 1260.